The first-order valence-corrected chi connectivity index (χ1v) is 8.75. The highest BCUT2D eigenvalue weighted by atomic mass is 16.5. The Balaban J connectivity index is 1.59. The van der Waals surface area contributed by atoms with Gasteiger partial charge in [0.25, 0.3) is 5.91 Å². The van der Waals surface area contributed by atoms with Crippen molar-refractivity contribution in [1.82, 2.24) is 10.2 Å². The summed E-state index contributed by atoms with van der Waals surface area (Å²) < 4.78 is 10.5. The molecule has 0 aliphatic carbocycles. The second kappa shape index (κ2) is 8.85. The van der Waals surface area contributed by atoms with Crippen LogP contribution in [0.25, 0.3) is 0 Å². The number of aromatic nitrogens is 2. The highest BCUT2D eigenvalue weighted by Crippen LogP contribution is 2.27. The summed E-state index contributed by atoms with van der Waals surface area (Å²) in [5.74, 6) is 1.61. The molecule has 0 atom stereocenters. The molecule has 1 heterocycles. The van der Waals surface area contributed by atoms with Crippen molar-refractivity contribution in [1.29, 1.82) is 0 Å². The maximum atomic E-state index is 12.3. The van der Waals surface area contributed by atoms with Crippen LogP contribution in [0.2, 0.25) is 0 Å². The molecule has 0 spiro atoms. The van der Waals surface area contributed by atoms with Crippen molar-refractivity contribution in [2.24, 2.45) is 0 Å². The number of nitrogens with one attached hydrogen (secondary N) is 2. The van der Waals surface area contributed by atoms with Crippen LogP contribution in [0.15, 0.2) is 54.6 Å². The number of amides is 1. The third-order valence-corrected chi connectivity index (χ3v) is 4.13. The first-order valence-electron chi connectivity index (χ1n) is 8.75. The fourth-order valence-corrected chi connectivity index (χ4v) is 2.56. The third kappa shape index (κ3) is 4.76. The van der Waals surface area contributed by atoms with Crippen molar-refractivity contribution >= 4 is 17.4 Å². The quantitative estimate of drug-likeness (QED) is 0.653. The lowest BCUT2D eigenvalue weighted by molar-refractivity contribution is 0.102. The highest BCUT2D eigenvalue weighted by molar-refractivity contribution is 6.02. The molecule has 7 nitrogen and oxygen atoms in total. The van der Waals surface area contributed by atoms with Gasteiger partial charge in [-0.2, -0.15) is 0 Å². The highest BCUT2D eigenvalue weighted by Gasteiger charge is 2.09. The van der Waals surface area contributed by atoms with Crippen LogP contribution in [0.4, 0.5) is 11.5 Å². The van der Waals surface area contributed by atoms with E-state index < -0.39 is 0 Å². The van der Waals surface area contributed by atoms with E-state index in [1.54, 1.807) is 26.4 Å². The third-order valence-electron chi connectivity index (χ3n) is 4.13. The summed E-state index contributed by atoms with van der Waals surface area (Å²) in [5, 5.41) is 14.0. The molecule has 0 fully saturated rings. The molecular weight excluding hydrogens is 356 g/mol. The second-order valence-electron chi connectivity index (χ2n) is 6.17. The zero-order chi connectivity index (χ0) is 19.9. The van der Waals surface area contributed by atoms with Crippen molar-refractivity contribution in [3.63, 3.8) is 0 Å². The normalized spacial score (nSPS) is 10.2. The van der Waals surface area contributed by atoms with E-state index in [0.29, 0.717) is 29.5 Å². The lowest BCUT2D eigenvalue weighted by atomic mass is 10.2. The van der Waals surface area contributed by atoms with Crippen LogP contribution in [0.3, 0.4) is 0 Å². The van der Waals surface area contributed by atoms with Gasteiger partial charge in [0.1, 0.15) is 5.82 Å². The van der Waals surface area contributed by atoms with Crippen LogP contribution in [-0.4, -0.2) is 30.3 Å². The van der Waals surface area contributed by atoms with E-state index in [-0.39, 0.29) is 11.6 Å². The van der Waals surface area contributed by atoms with Crippen molar-refractivity contribution in [2.45, 2.75) is 13.5 Å². The van der Waals surface area contributed by atoms with Gasteiger partial charge in [0.2, 0.25) is 0 Å². The number of hydrogen-bond donors (Lipinski definition) is 2. The molecule has 0 aliphatic rings. The van der Waals surface area contributed by atoms with Gasteiger partial charge >= 0.3 is 0 Å². The first kappa shape index (κ1) is 19.2. The zero-order valence-electron chi connectivity index (χ0n) is 16.0. The van der Waals surface area contributed by atoms with Gasteiger partial charge in [-0.1, -0.05) is 23.8 Å². The molecule has 3 rings (SSSR count). The van der Waals surface area contributed by atoms with E-state index in [1.165, 1.54) is 0 Å². The van der Waals surface area contributed by atoms with Gasteiger partial charge in [-0.15, -0.1) is 10.2 Å². The molecule has 1 aromatic heterocycles. The van der Waals surface area contributed by atoms with Crippen LogP contribution in [-0.2, 0) is 6.54 Å². The van der Waals surface area contributed by atoms with Crippen LogP contribution in [0, 0.1) is 6.92 Å². The second-order valence-corrected chi connectivity index (χ2v) is 6.17. The van der Waals surface area contributed by atoms with Crippen molar-refractivity contribution < 1.29 is 14.3 Å². The Morgan fingerprint density at radius 3 is 2.32 bits per heavy atom. The number of carbonyl (C=O) groups is 1. The maximum absolute atomic E-state index is 12.3. The Labute approximate surface area is 163 Å². The zero-order valence-corrected chi connectivity index (χ0v) is 16.0. The summed E-state index contributed by atoms with van der Waals surface area (Å²) in [7, 11) is 3.20. The van der Waals surface area contributed by atoms with E-state index >= 15 is 0 Å². The largest absolute Gasteiger partial charge is 0.493 e. The van der Waals surface area contributed by atoms with Crippen molar-refractivity contribution in [3.8, 4) is 11.5 Å². The molecule has 0 saturated heterocycles. The predicted molar refractivity (Wildman–Crippen MR) is 108 cm³/mol. The minimum absolute atomic E-state index is 0.247. The SMILES string of the molecule is COc1ccc(CNc2ccc(C(=O)Nc3ccc(C)cc3)nn2)cc1OC. The molecule has 28 heavy (non-hydrogen) atoms. The Hall–Kier alpha value is -3.61. The molecule has 0 bridgehead atoms. The average molecular weight is 378 g/mol. The lowest BCUT2D eigenvalue weighted by Gasteiger charge is -2.10. The van der Waals surface area contributed by atoms with Crippen LogP contribution < -0.4 is 20.1 Å². The number of aryl methyl sites for hydroxylation is 1. The smallest absolute Gasteiger partial charge is 0.276 e. The van der Waals surface area contributed by atoms with Crippen LogP contribution in [0.5, 0.6) is 11.5 Å². The van der Waals surface area contributed by atoms with Gasteiger partial charge < -0.3 is 20.1 Å². The van der Waals surface area contributed by atoms with Gasteiger partial charge in [0, 0.05) is 12.2 Å². The summed E-state index contributed by atoms with van der Waals surface area (Å²) in [6.45, 7) is 2.52. The predicted octanol–water partition coefficient (Wildman–Crippen LogP) is 3.67. The number of methoxy groups -OCH3 is 2. The summed E-state index contributed by atoms with van der Waals surface area (Å²) in [5.41, 5.74) is 3.09. The first-order chi connectivity index (χ1) is 13.6. The molecule has 0 radical (unpaired) electrons. The minimum atomic E-state index is -0.303. The maximum Gasteiger partial charge on any atom is 0.276 e. The number of anilines is 2. The Bertz CT molecular complexity index is 941. The van der Waals surface area contributed by atoms with Gasteiger partial charge in [-0.3, -0.25) is 4.79 Å². The Morgan fingerprint density at radius 1 is 0.929 bits per heavy atom. The number of rotatable bonds is 7. The van der Waals surface area contributed by atoms with E-state index in [9.17, 15) is 4.79 Å². The molecule has 7 heteroatoms. The fourth-order valence-electron chi connectivity index (χ4n) is 2.56. The van der Waals surface area contributed by atoms with Crippen molar-refractivity contribution in [2.75, 3.05) is 24.9 Å². The molecule has 1 amide bonds. The van der Waals surface area contributed by atoms with Gasteiger partial charge in [0.05, 0.1) is 14.2 Å². The lowest BCUT2D eigenvalue weighted by Crippen LogP contribution is -2.14. The average Bonchev–Trinajstić information content (AvgIpc) is 2.74. The van der Waals surface area contributed by atoms with Crippen LogP contribution >= 0.6 is 0 Å². The summed E-state index contributed by atoms with van der Waals surface area (Å²) in [6.07, 6.45) is 0. The summed E-state index contributed by atoms with van der Waals surface area (Å²) in [6, 6.07) is 16.6. The molecule has 0 aliphatic heterocycles. The molecular formula is C21H22N4O3. The molecule has 144 valence electrons. The standard InChI is InChI=1S/C21H22N4O3/c1-14-4-7-16(8-5-14)23-21(26)17-9-11-20(25-24-17)22-13-15-6-10-18(27-2)19(12-15)28-3/h4-12H,13H2,1-3H3,(H,22,25)(H,23,26). The number of carbonyl (C=O) groups excluding carboxylic acids is 1. The number of benzene rings is 2. The number of ether oxygens (including phenoxy) is 2. The molecule has 2 aromatic carbocycles. The fraction of sp³-hybridized carbons (Fsp3) is 0.190. The Morgan fingerprint density at radius 2 is 1.68 bits per heavy atom. The number of nitrogens with zero attached hydrogens (tertiary/aromatic N) is 2. The van der Waals surface area contributed by atoms with E-state index in [4.69, 9.17) is 9.47 Å². The van der Waals surface area contributed by atoms with Crippen LogP contribution in [0.1, 0.15) is 21.6 Å². The number of hydrogen-bond acceptors (Lipinski definition) is 6. The Kier molecular flexibility index (Phi) is 6.06. The van der Waals surface area contributed by atoms with E-state index in [2.05, 4.69) is 20.8 Å². The van der Waals surface area contributed by atoms with E-state index in [0.717, 1.165) is 11.1 Å². The molecule has 3 aromatic rings. The summed E-state index contributed by atoms with van der Waals surface area (Å²) >= 11 is 0. The minimum Gasteiger partial charge on any atom is -0.493 e. The topological polar surface area (TPSA) is 85.4 Å². The molecule has 0 unspecified atom stereocenters. The van der Waals surface area contributed by atoms with Crippen molar-refractivity contribution in [3.05, 3.63) is 71.4 Å². The van der Waals surface area contributed by atoms with Gasteiger partial charge in [0.15, 0.2) is 17.2 Å². The summed E-state index contributed by atoms with van der Waals surface area (Å²) in [4.78, 5) is 12.3. The van der Waals surface area contributed by atoms with E-state index in [1.807, 2.05) is 49.4 Å². The molecule has 2 N–H and O–H groups in total. The molecule has 0 saturated carbocycles. The monoisotopic (exact) mass is 378 g/mol. The van der Waals surface area contributed by atoms with Gasteiger partial charge in [-0.25, -0.2) is 0 Å². The van der Waals surface area contributed by atoms with Gasteiger partial charge in [-0.05, 0) is 48.9 Å².